The molecule has 0 aromatic heterocycles. The van der Waals surface area contributed by atoms with E-state index >= 15 is 0 Å². The van der Waals surface area contributed by atoms with Gasteiger partial charge in [0.15, 0.2) is 12.3 Å². The second-order valence-electron chi connectivity index (χ2n) is 5.14. The van der Waals surface area contributed by atoms with Crippen molar-refractivity contribution in [2.24, 2.45) is 5.92 Å². The quantitative estimate of drug-likeness (QED) is 0.189. The molecule has 0 aliphatic heterocycles. The lowest BCUT2D eigenvalue weighted by Crippen LogP contribution is -2.17. The van der Waals surface area contributed by atoms with E-state index in [-0.39, 0.29) is 6.04 Å². The van der Waals surface area contributed by atoms with E-state index in [1.807, 2.05) is 20.1 Å². The molecule has 1 atom stereocenters. The van der Waals surface area contributed by atoms with E-state index in [9.17, 15) is 5.21 Å². The fourth-order valence-electron chi connectivity index (χ4n) is 1.74. The highest BCUT2D eigenvalue weighted by atomic mass is 16.5. The van der Waals surface area contributed by atoms with Crippen LogP contribution in [0.2, 0.25) is 0 Å². The molecule has 0 aromatic rings. The Morgan fingerprint density at radius 3 is 2.12 bits per heavy atom. The number of hydrogen-bond acceptors (Lipinski definition) is 1. The molecule has 1 unspecified atom stereocenters. The van der Waals surface area contributed by atoms with Crippen molar-refractivity contribution in [2.75, 3.05) is 0 Å². The van der Waals surface area contributed by atoms with Gasteiger partial charge in [0, 0.05) is 5.92 Å². The van der Waals surface area contributed by atoms with E-state index in [0.717, 1.165) is 11.2 Å². The number of unbranched alkanes of at least 4 members (excludes halogenated alkanes) is 5. The molecule has 0 amide bonds. The molecule has 0 rings (SSSR count). The largest absolute Gasteiger partial charge is 0.624 e. The van der Waals surface area contributed by atoms with Crippen LogP contribution in [0.5, 0.6) is 0 Å². The van der Waals surface area contributed by atoms with Gasteiger partial charge in [0.05, 0.1) is 0 Å². The standard InChI is InChI=1S/C14H29NO/c1-5-6-7-8-9-10-11-14(4)12-15(16)13(2)3/h12-14H,5-11H2,1-4H3. The number of hydrogen-bond donors (Lipinski definition) is 0. The molecule has 0 aliphatic carbocycles. The SMILES string of the molecule is CCCCCCCCC(C)C=[N+]([O-])C(C)C. The lowest BCUT2D eigenvalue weighted by Gasteiger charge is -2.10. The van der Waals surface area contributed by atoms with Crippen molar-refractivity contribution in [3.8, 4) is 0 Å². The second-order valence-corrected chi connectivity index (χ2v) is 5.14. The Kier molecular flexibility index (Phi) is 9.36. The molecule has 0 bridgehead atoms. The van der Waals surface area contributed by atoms with Crippen LogP contribution in [0.3, 0.4) is 0 Å². The van der Waals surface area contributed by atoms with Crippen LogP contribution in [0, 0.1) is 11.1 Å². The van der Waals surface area contributed by atoms with Gasteiger partial charge in [-0.3, -0.25) is 0 Å². The first-order chi connectivity index (χ1) is 7.57. The minimum Gasteiger partial charge on any atom is -0.624 e. The third-order valence-corrected chi connectivity index (χ3v) is 2.92. The van der Waals surface area contributed by atoms with Gasteiger partial charge in [0.25, 0.3) is 0 Å². The molecule has 16 heavy (non-hydrogen) atoms. The maximum Gasteiger partial charge on any atom is 0.157 e. The topological polar surface area (TPSA) is 26.1 Å². The summed E-state index contributed by atoms with van der Waals surface area (Å²) in [5, 5.41) is 11.4. The van der Waals surface area contributed by atoms with Crippen molar-refractivity contribution in [1.82, 2.24) is 0 Å². The molecule has 2 nitrogen and oxygen atoms in total. The summed E-state index contributed by atoms with van der Waals surface area (Å²) in [5.41, 5.74) is 0. The zero-order valence-corrected chi connectivity index (χ0v) is 11.5. The molecule has 0 N–H and O–H groups in total. The van der Waals surface area contributed by atoms with Crippen LogP contribution in [-0.4, -0.2) is 17.0 Å². The van der Waals surface area contributed by atoms with E-state index in [1.165, 1.54) is 38.5 Å². The smallest absolute Gasteiger partial charge is 0.157 e. The lowest BCUT2D eigenvalue weighted by molar-refractivity contribution is -0.489. The van der Waals surface area contributed by atoms with Crippen LogP contribution in [0.15, 0.2) is 0 Å². The highest BCUT2D eigenvalue weighted by molar-refractivity contribution is 5.54. The molecule has 0 heterocycles. The third kappa shape index (κ3) is 8.75. The fourth-order valence-corrected chi connectivity index (χ4v) is 1.74. The summed E-state index contributed by atoms with van der Waals surface area (Å²) >= 11 is 0. The van der Waals surface area contributed by atoms with Gasteiger partial charge in [-0.2, -0.15) is 0 Å². The van der Waals surface area contributed by atoms with Gasteiger partial charge in [0.1, 0.15) is 0 Å². The Balaban J connectivity index is 3.50. The predicted octanol–water partition coefficient (Wildman–Crippen LogP) is 4.36. The highest BCUT2D eigenvalue weighted by Gasteiger charge is 2.05. The van der Waals surface area contributed by atoms with Crippen LogP contribution < -0.4 is 0 Å². The maximum atomic E-state index is 11.4. The first kappa shape index (κ1) is 15.5. The summed E-state index contributed by atoms with van der Waals surface area (Å²) in [5.74, 6) is 0.422. The van der Waals surface area contributed by atoms with Crippen molar-refractivity contribution >= 4 is 6.21 Å². The second kappa shape index (κ2) is 9.68. The number of rotatable bonds is 9. The summed E-state index contributed by atoms with van der Waals surface area (Å²) in [7, 11) is 0. The summed E-state index contributed by atoms with van der Waals surface area (Å²) < 4.78 is 1.09. The predicted molar refractivity (Wildman–Crippen MR) is 72.0 cm³/mol. The molecule has 0 aromatic carbocycles. The van der Waals surface area contributed by atoms with Gasteiger partial charge in [-0.15, -0.1) is 0 Å². The Labute approximate surface area is 101 Å². The van der Waals surface area contributed by atoms with E-state index in [0.29, 0.717) is 5.92 Å². The van der Waals surface area contributed by atoms with E-state index in [4.69, 9.17) is 0 Å². The van der Waals surface area contributed by atoms with Gasteiger partial charge in [0.2, 0.25) is 0 Å². The van der Waals surface area contributed by atoms with Gasteiger partial charge < -0.3 is 5.21 Å². The van der Waals surface area contributed by atoms with Crippen molar-refractivity contribution in [3.05, 3.63) is 5.21 Å². The highest BCUT2D eigenvalue weighted by Crippen LogP contribution is 2.10. The summed E-state index contributed by atoms with van der Waals surface area (Å²) in [6.07, 6.45) is 11.0. The van der Waals surface area contributed by atoms with Crippen LogP contribution in [0.25, 0.3) is 0 Å². The molecular formula is C14H29NO. The molecule has 0 aliphatic rings. The van der Waals surface area contributed by atoms with Gasteiger partial charge in [-0.25, -0.2) is 4.74 Å². The molecular weight excluding hydrogens is 198 g/mol. The minimum absolute atomic E-state index is 0.0759. The average Bonchev–Trinajstić information content (AvgIpc) is 2.23. The van der Waals surface area contributed by atoms with Gasteiger partial charge in [-0.1, -0.05) is 52.4 Å². The van der Waals surface area contributed by atoms with Crippen molar-refractivity contribution in [3.63, 3.8) is 0 Å². The Morgan fingerprint density at radius 1 is 1.00 bits per heavy atom. The van der Waals surface area contributed by atoms with Crippen LogP contribution in [-0.2, 0) is 0 Å². The third-order valence-electron chi connectivity index (χ3n) is 2.92. The Hall–Kier alpha value is -0.530. The molecule has 2 heteroatoms. The maximum absolute atomic E-state index is 11.4. The molecule has 0 spiro atoms. The summed E-state index contributed by atoms with van der Waals surface area (Å²) in [6.45, 7) is 8.24. The van der Waals surface area contributed by atoms with Crippen molar-refractivity contribution in [2.45, 2.75) is 78.7 Å². The lowest BCUT2D eigenvalue weighted by atomic mass is 10.0. The molecule has 96 valence electrons. The average molecular weight is 227 g/mol. The first-order valence-electron chi connectivity index (χ1n) is 6.88. The van der Waals surface area contributed by atoms with Crippen LogP contribution in [0.4, 0.5) is 0 Å². The summed E-state index contributed by atoms with van der Waals surface area (Å²) in [6, 6.07) is 0.0759. The van der Waals surface area contributed by atoms with Crippen LogP contribution in [0.1, 0.15) is 72.6 Å². The Morgan fingerprint density at radius 2 is 1.56 bits per heavy atom. The zero-order chi connectivity index (χ0) is 12.4. The molecule has 0 radical (unpaired) electrons. The van der Waals surface area contributed by atoms with E-state index in [1.54, 1.807) is 0 Å². The van der Waals surface area contributed by atoms with Crippen molar-refractivity contribution in [1.29, 1.82) is 0 Å². The minimum atomic E-state index is 0.0759. The first-order valence-corrected chi connectivity index (χ1v) is 6.88. The normalized spacial score (nSPS) is 14.4. The van der Waals surface area contributed by atoms with Gasteiger partial charge in [-0.05, 0) is 20.3 Å². The number of hydroxylamine groups is 1. The Bertz CT molecular complexity index is 187. The van der Waals surface area contributed by atoms with Crippen molar-refractivity contribution < 1.29 is 4.74 Å². The zero-order valence-electron chi connectivity index (χ0n) is 11.5. The molecule has 0 fully saturated rings. The van der Waals surface area contributed by atoms with E-state index < -0.39 is 0 Å². The van der Waals surface area contributed by atoms with E-state index in [2.05, 4.69) is 13.8 Å². The monoisotopic (exact) mass is 227 g/mol. The van der Waals surface area contributed by atoms with Crippen LogP contribution >= 0.6 is 0 Å². The van der Waals surface area contributed by atoms with Gasteiger partial charge >= 0.3 is 0 Å². The molecule has 0 saturated heterocycles. The fraction of sp³-hybridized carbons (Fsp3) is 0.929. The molecule has 0 saturated carbocycles. The summed E-state index contributed by atoms with van der Waals surface area (Å²) in [4.78, 5) is 0. The number of nitrogens with zero attached hydrogens (tertiary/aromatic N) is 1.